The number of likely N-dealkylation sites (tertiary alicyclic amines) is 1. The Morgan fingerprint density at radius 1 is 1.00 bits per heavy atom. The maximum atomic E-state index is 14.0. The van der Waals surface area contributed by atoms with E-state index in [0.717, 1.165) is 55.6 Å². The van der Waals surface area contributed by atoms with Gasteiger partial charge in [-0.2, -0.15) is 18.2 Å². The monoisotopic (exact) mass is 663 g/mol. The van der Waals surface area contributed by atoms with Crippen molar-refractivity contribution < 1.29 is 22.7 Å². The van der Waals surface area contributed by atoms with Crippen LogP contribution < -0.4 is 26.0 Å². The number of hydrogen-bond acceptors (Lipinski definition) is 8. The summed E-state index contributed by atoms with van der Waals surface area (Å²) in [5.41, 5.74) is 1.82. The molecule has 0 spiro atoms. The van der Waals surface area contributed by atoms with Crippen molar-refractivity contribution in [1.29, 1.82) is 0 Å². The number of anilines is 5. The maximum Gasteiger partial charge on any atom is 0.421 e. The van der Waals surface area contributed by atoms with Crippen LogP contribution in [0.25, 0.3) is 0 Å². The molecule has 0 unspecified atom stereocenters. The fraction of sp³-hybridized carbons (Fsp3) is 0.528. The van der Waals surface area contributed by atoms with E-state index in [2.05, 4.69) is 36.1 Å². The van der Waals surface area contributed by atoms with Gasteiger partial charge in [0.2, 0.25) is 5.95 Å². The summed E-state index contributed by atoms with van der Waals surface area (Å²) in [6, 6.07) is 10.9. The van der Waals surface area contributed by atoms with Crippen LogP contribution in [0, 0.1) is 24.7 Å². The fourth-order valence-corrected chi connectivity index (χ4v) is 9.21. The Bertz CT molecular complexity index is 1640. The normalized spacial score (nSPS) is 25.5. The van der Waals surface area contributed by atoms with Crippen LogP contribution in [-0.2, 0) is 6.18 Å². The summed E-state index contributed by atoms with van der Waals surface area (Å²) in [6.45, 7) is 3.94. The average molecular weight is 664 g/mol. The molecule has 0 atom stereocenters. The number of aryl methyl sites for hydroxylation is 1. The van der Waals surface area contributed by atoms with E-state index < -0.39 is 23.5 Å². The topological polar surface area (TPSA) is 103 Å². The number of aromatic nitrogens is 2. The van der Waals surface area contributed by atoms with E-state index >= 15 is 0 Å². The zero-order chi connectivity index (χ0) is 33.6. The molecule has 48 heavy (non-hydrogen) atoms. The van der Waals surface area contributed by atoms with Crippen LogP contribution in [0.2, 0.25) is 0 Å². The number of nitrogens with zero attached hydrogens (tertiary/aromatic N) is 3. The van der Waals surface area contributed by atoms with Gasteiger partial charge in [-0.05, 0) is 99.8 Å². The molecule has 2 aromatic carbocycles. The van der Waals surface area contributed by atoms with Crippen molar-refractivity contribution in [3.05, 3.63) is 59.3 Å². The van der Waals surface area contributed by atoms with Crippen molar-refractivity contribution in [2.75, 3.05) is 43.2 Å². The molecular formula is C36H44F3N7O2. The second-order valence-electron chi connectivity index (χ2n) is 14.2. The van der Waals surface area contributed by atoms with Crippen LogP contribution in [0.1, 0.15) is 72.9 Å². The smallest absolute Gasteiger partial charge is 0.421 e. The number of halogens is 3. The number of alkyl halides is 3. The first-order valence-corrected chi connectivity index (χ1v) is 17.0. The Hall–Kier alpha value is -4.06. The van der Waals surface area contributed by atoms with E-state index in [-0.39, 0.29) is 17.2 Å². The molecular weight excluding hydrogens is 619 g/mol. The van der Waals surface area contributed by atoms with Crippen molar-refractivity contribution >= 4 is 34.7 Å². The summed E-state index contributed by atoms with van der Waals surface area (Å²) in [5.74, 6) is 2.36. The number of hydrogen-bond donors (Lipinski definition) is 4. The first-order chi connectivity index (χ1) is 23.0. The van der Waals surface area contributed by atoms with Gasteiger partial charge in [-0.25, -0.2) is 4.98 Å². The molecule has 0 radical (unpaired) electrons. The quantitative estimate of drug-likeness (QED) is 0.187. The molecule has 256 valence electrons. The van der Waals surface area contributed by atoms with E-state index in [0.29, 0.717) is 28.6 Å². The third-order valence-electron chi connectivity index (χ3n) is 11.1. The van der Waals surface area contributed by atoms with E-state index in [1.807, 2.05) is 18.2 Å². The lowest BCUT2D eigenvalue weighted by molar-refractivity contribution is -0.137. The molecule has 4 bridgehead atoms. The van der Waals surface area contributed by atoms with Gasteiger partial charge in [-0.15, -0.1) is 0 Å². The molecule has 5 aliphatic rings. The number of carbonyl (C=O) groups excluding carboxylic acids is 1. The number of methoxy groups -OCH3 is 1. The second kappa shape index (κ2) is 12.8. The van der Waals surface area contributed by atoms with E-state index in [1.165, 1.54) is 51.6 Å². The van der Waals surface area contributed by atoms with Crippen LogP contribution in [0.4, 0.5) is 42.0 Å². The van der Waals surface area contributed by atoms with Gasteiger partial charge < -0.3 is 26.0 Å². The highest BCUT2D eigenvalue weighted by molar-refractivity contribution is 6.00. The van der Waals surface area contributed by atoms with Crippen LogP contribution in [-0.4, -0.2) is 59.6 Å². The van der Waals surface area contributed by atoms with Gasteiger partial charge >= 0.3 is 6.18 Å². The Morgan fingerprint density at radius 2 is 1.69 bits per heavy atom. The Morgan fingerprint density at radius 3 is 2.31 bits per heavy atom. The SMILES string of the molecule is CNC(=O)c1cccc(C)c1Nc1nc(Nc2ccc(NC3CCN(C45CC6CC(CC(C6)C4)C5)CC3)cc2OC)ncc1C(F)(F)F. The molecule has 3 aromatic rings. The first kappa shape index (κ1) is 32.5. The average Bonchev–Trinajstić information content (AvgIpc) is 3.05. The highest BCUT2D eigenvalue weighted by atomic mass is 19.4. The molecule has 12 heteroatoms. The molecule has 1 amide bonds. The maximum absolute atomic E-state index is 14.0. The van der Waals surface area contributed by atoms with Gasteiger partial charge in [0.15, 0.2) is 0 Å². The zero-order valence-electron chi connectivity index (χ0n) is 27.7. The van der Waals surface area contributed by atoms with Crippen molar-refractivity contribution in [3.8, 4) is 5.75 Å². The lowest BCUT2D eigenvalue weighted by Crippen LogP contribution is -2.62. The highest BCUT2D eigenvalue weighted by Gasteiger charge is 2.53. The summed E-state index contributed by atoms with van der Waals surface area (Å²) in [5, 5.41) is 12.0. The molecule has 9 nitrogen and oxygen atoms in total. The van der Waals surface area contributed by atoms with Crippen LogP contribution >= 0.6 is 0 Å². The number of benzene rings is 2. The lowest BCUT2D eigenvalue weighted by Gasteiger charge is -2.61. The molecule has 4 saturated carbocycles. The number of piperidine rings is 1. The molecule has 4 N–H and O–H groups in total. The zero-order valence-corrected chi connectivity index (χ0v) is 27.7. The van der Waals surface area contributed by atoms with Gasteiger partial charge in [0.05, 0.1) is 24.0 Å². The van der Waals surface area contributed by atoms with Crippen molar-refractivity contribution in [1.82, 2.24) is 20.2 Å². The molecule has 2 heterocycles. The third kappa shape index (κ3) is 6.38. The summed E-state index contributed by atoms with van der Waals surface area (Å²) in [7, 11) is 3.01. The van der Waals surface area contributed by atoms with E-state index in [9.17, 15) is 18.0 Å². The molecule has 8 rings (SSSR count). The van der Waals surface area contributed by atoms with Crippen LogP contribution in [0.3, 0.4) is 0 Å². The Balaban J connectivity index is 1.04. The van der Waals surface area contributed by atoms with Gasteiger partial charge in [-0.3, -0.25) is 9.69 Å². The minimum absolute atomic E-state index is 0.0587. The largest absolute Gasteiger partial charge is 0.494 e. The molecule has 4 aliphatic carbocycles. The fourth-order valence-electron chi connectivity index (χ4n) is 9.21. The Kier molecular flexibility index (Phi) is 8.63. The van der Waals surface area contributed by atoms with Crippen molar-refractivity contribution in [2.45, 2.75) is 76.0 Å². The summed E-state index contributed by atoms with van der Waals surface area (Å²) in [4.78, 5) is 23.5. The van der Waals surface area contributed by atoms with Crippen LogP contribution in [0.5, 0.6) is 5.75 Å². The van der Waals surface area contributed by atoms with Gasteiger partial charge in [0, 0.05) is 49.7 Å². The summed E-state index contributed by atoms with van der Waals surface area (Å²) in [6.07, 6.45) is 6.73. The minimum Gasteiger partial charge on any atom is -0.494 e. The lowest BCUT2D eigenvalue weighted by atomic mass is 9.52. The molecule has 5 fully saturated rings. The second-order valence-corrected chi connectivity index (χ2v) is 14.2. The number of ether oxygens (including phenoxy) is 1. The summed E-state index contributed by atoms with van der Waals surface area (Å²) < 4.78 is 47.8. The first-order valence-electron chi connectivity index (χ1n) is 17.0. The minimum atomic E-state index is -4.73. The van der Waals surface area contributed by atoms with Crippen molar-refractivity contribution in [2.24, 2.45) is 17.8 Å². The van der Waals surface area contributed by atoms with E-state index in [4.69, 9.17) is 4.74 Å². The number of para-hydroxylation sites is 1. The number of rotatable bonds is 9. The highest BCUT2D eigenvalue weighted by Crippen LogP contribution is 2.58. The van der Waals surface area contributed by atoms with E-state index in [1.54, 1.807) is 26.2 Å². The van der Waals surface area contributed by atoms with Gasteiger partial charge in [0.1, 0.15) is 17.1 Å². The molecule has 1 aromatic heterocycles. The summed E-state index contributed by atoms with van der Waals surface area (Å²) >= 11 is 0. The number of carbonyl (C=O) groups is 1. The Labute approximate surface area is 279 Å². The number of amides is 1. The third-order valence-corrected chi connectivity index (χ3v) is 11.1. The predicted molar refractivity (Wildman–Crippen MR) is 180 cm³/mol. The number of nitrogens with one attached hydrogen (secondary N) is 4. The van der Waals surface area contributed by atoms with Crippen molar-refractivity contribution in [3.63, 3.8) is 0 Å². The predicted octanol–water partition coefficient (Wildman–Crippen LogP) is 7.50. The molecule has 1 saturated heterocycles. The van der Waals surface area contributed by atoms with Gasteiger partial charge in [-0.1, -0.05) is 12.1 Å². The molecule has 1 aliphatic heterocycles. The van der Waals surface area contributed by atoms with Gasteiger partial charge in [0.25, 0.3) is 5.91 Å². The van der Waals surface area contributed by atoms with Crippen LogP contribution in [0.15, 0.2) is 42.6 Å². The standard InChI is InChI=1S/C36H44F3N7O2/c1-21-5-4-6-27(33(47)40-2)31(21)44-32-28(36(37,38)39)20-41-34(45-32)43-29-8-7-26(16-30(29)48-3)42-25-9-11-46(12-10-25)35-17-22-13-23(18-35)15-24(14-22)19-35/h4-8,16,20,22-25,42H,9-15,17-19H2,1-3H3,(H,40,47)(H2,41,43,44,45).